The van der Waals surface area contributed by atoms with Crippen LogP contribution in [0.4, 0.5) is 5.95 Å². The van der Waals surface area contributed by atoms with Crippen LogP contribution in [0.5, 0.6) is 0 Å². The number of piperidine rings is 1. The lowest BCUT2D eigenvalue weighted by atomic mass is 9.84. The number of hydrogen-bond acceptors (Lipinski definition) is 6. The van der Waals surface area contributed by atoms with Crippen molar-refractivity contribution in [3.8, 4) is 0 Å². The summed E-state index contributed by atoms with van der Waals surface area (Å²) in [6, 6.07) is -0.0241. The van der Waals surface area contributed by atoms with Crippen molar-refractivity contribution < 1.29 is 23.1 Å². The van der Waals surface area contributed by atoms with E-state index in [2.05, 4.69) is 15.6 Å². The summed E-state index contributed by atoms with van der Waals surface area (Å²) in [4.78, 5) is 26.7. The molecular weight excluding hydrogens is 469 g/mol. The van der Waals surface area contributed by atoms with Crippen LogP contribution in [0, 0.1) is 0 Å². The minimum absolute atomic E-state index is 0. The highest BCUT2D eigenvalue weighted by Crippen LogP contribution is 2.36. The summed E-state index contributed by atoms with van der Waals surface area (Å²) in [6.07, 6.45) is 8.25. The highest BCUT2D eigenvalue weighted by molar-refractivity contribution is 7.88. The van der Waals surface area contributed by atoms with Crippen LogP contribution in [0.25, 0.3) is 0 Å². The SMILES string of the molecule is CS(=O)(=O)N(CC(=O)O)C1CCC(c2cn(C3CCNCC3)c(NC=O)n2)CC1.Cl.Cl. The molecule has 1 aromatic rings. The predicted octanol–water partition coefficient (Wildman–Crippen LogP) is 1.59. The maximum absolute atomic E-state index is 12.0. The van der Waals surface area contributed by atoms with Crippen molar-refractivity contribution in [2.45, 2.75) is 56.5 Å². The second-order valence-corrected chi connectivity index (χ2v) is 9.78. The Balaban J connectivity index is 0.00000240. The van der Waals surface area contributed by atoms with Crippen LogP contribution in [0.1, 0.15) is 56.2 Å². The Morgan fingerprint density at radius 1 is 1.26 bits per heavy atom. The third kappa shape index (κ3) is 7.04. The normalized spacial score (nSPS) is 22.3. The van der Waals surface area contributed by atoms with Crippen LogP contribution in [-0.4, -0.2) is 71.7 Å². The number of carbonyl (C=O) groups is 2. The highest BCUT2D eigenvalue weighted by atomic mass is 35.5. The first-order valence-corrected chi connectivity index (χ1v) is 11.8. The number of aliphatic carboxylic acids is 1. The van der Waals surface area contributed by atoms with E-state index in [1.165, 1.54) is 0 Å². The lowest BCUT2D eigenvalue weighted by Crippen LogP contribution is -2.44. The molecule has 1 saturated carbocycles. The van der Waals surface area contributed by atoms with Gasteiger partial charge in [0.2, 0.25) is 22.4 Å². The number of anilines is 1. The molecule has 3 N–H and O–H groups in total. The molecule has 1 amide bonds. The Labute approximate surface area is 195 Å². The van der Waals surface area contributed by atoms with Crippen molar-refractivity contribution in [1.29, 1.82) is 0 Å². The number of carboxylic acid groups (broad SMARTS) is 1. The number of halogens is 2. The molecule has 0 bridgehead atoms. The quantitative estimate of drug-likeness (QED) is 0.462. The van der Waals surface area contributed by atoms with Crippen LogP contribution < -0.4 is 10.6 Å². The molecule has 31 heavy (non-hydrogen) atoms. The number of nitrogens with one attached hydrogen (secondary N) is 2. The number of imidazole rings is 1. The maximum Gasteiger partial charge on any atom is 0.318 e. The van der Waals surface area contributed by atoms with E-state index in [1.54, 1.807) is 0 Å². The lowest BCUT2D eigenvalue weighted by Gasteiger charge is -2.34. The van der Waals surface area contributed by atoms with E-state index < -0.39 is 22.5 Å². The average molecular weight is 500 g/mol. The van der Waals surface area contributed by atoms with Crippen molar-refractivity contribution >= 4 is 53.2 Å². The van der Waals surface area contributed by atoms with Crippen LogP contribution in [0.2, 0.25) is 0 Å². The topological polar surface area (TPSA) is 134 Å². The molecule has 0 atom stereocenters. The molecule has 10 nitrogen and oxygen atoms in total. The number of amides is 1. The average Bonchev–Trinajstić information content (AvgIpc) is 3.10. The first-order valence-electron chi connectivity index (χ1n) is 9.98. The summed E-state index contributed by atoms with van der Waals surface area (Å²) < 4.78 is 27.2. The van der Waals surface area contributed by atoms with Crippen LogP contribution in [0.15, 0.2) is 6.20 Å². The molecule has 0 spiro atoms. The fourth-order valence-corrected chi connectivity index (χ4v) is 5.54. The second kappa shape index (κ2) is 12.0. The van der Waals surface area contributed by atoms with E-state index >= 15 is 0 Å². The van der Waals surface area contributed by atoms with Crippen molar-refractivity contribution in [2.24, 2.45) is 0 Å². The van der Waals surface area contributed by atoms with E-state index in [0.717, 1.165) is 55.0 Å². The summed E-state index contributed by atoms with van der Waals surface area (Å²) in [5.74, 6) is -0.442. The van der Waals surface area contributed by atoms with Gasteiger partial charge in [-0.1, -0.05) is 0 Å². The van der Waals surface area contributed by atoms with Gasteiger partial charge < -0.3 is 15.0 Å². The lowest BCUT2D eigenvalue weighted by molar-refractivity contribution is -0.137. The second-order valence-electron chi connectivity index (χ2n) is 7.85. The fraction of sp³-hybridized carbons (Fsp3) is 0.722. The minimum Gasteiger partial charge on any atom is -0.480 e. The minimum atomic E-state index is -3.59. The zero-order valence-electron chi connectivity index (χ0n) is 17.4. The summed E-state index contributed by atoms with van der Waals surface area (Å²) in [5, 5.41) is 15.1. The number of rotatable bonds is 8. The largest absolute Gasteiger partial charge is 0.480 e. The van der Waals surface area contributed by atoms with Gasteiger partial charge in [0.1, 0.15) is 6.54 Å². The van der Waals surface area contributed by atoms with Gasteiger partial charge >= 0.3 is 5.97 Å². The first kappa shape index (κ1) is 27.6. The molecule has 0 radical (unpaired) electrons. The summed E-state index contributed by atoms with van der Waals surface area (Å²) >= 11 is 0. The Morgan fingerprint density at radius 2 is 1.87 bits per heavy atom. The Hall–Kier alpha value is -1.40. The highest BCUT2D eigenvalue weighted by Gasteiger charge is 2.34. The maximum atomic E-state index is 12.0. The Bertz CT molecular complexity index is 836. The smallest absolute Gasteiger partial charge is 0.318 e. The first-order chi connectivity index (χ1) is 13.8. The van der Waals surface area contributed by atoms with Crippen molar-refractivity contribution in [3.05, 3.63) is 11.9 Å². The van der Waals surface area contributed by atoms with E-state index in [1.807, 2.05) is 10.8 Å². The Kier molecular flexibility index (Phi) is 10.7. The standard InChI is InChI=1S/C18H29N5O5S.2ClH/c1-29(27,28)23(11-17(25)26)15-4-2-13(3-5-15)16-10-22(18(21-16)20-12-24)14-6-8-19-9-7-14;;/h10,12-15,19H,2-9,11H2,1H3,(H,25,26)(H,20,21,24);2*1H. The molecule has 178 valence electrons. The van der Waals surface area contributed by atoms with Crippen LogP contribution in [-0.2, 0) is 19.6 Å². The molecule has 0 aromatic carbocycles. The number of aromatic nitrogens is 2. The monoisotopic (exact) mass is 499 g/mol. The third-order valence-corrected chi connectivity index (χ3v) is 7.16. The van der Waals surface area contributed by atoms with Gasteiger partial charge in [-0.15, -0.1) is 24.8 Å². The molecule has 1 aliphatic heterocycles. The molecule has 1 saturated heterocycles. The fourth-order valence-electron chi connectivity index (χ4n) is 4.44. The molecule has 1 aromatic heterocycles. The number of nitrogens with zero attached hydrogens (tertiary/aromatic N) is 3. The molecule has 3 rings (SSSR count). The van der Waals surface area contributed by atoms with Gasteiger partial charge in [-0.05, 0) is 51.6 Å². The molecular formula is C18H31Cl2N5O5S. The van der Waals surface area contributed by atoms with Gasteiger partial charge in [0.05, 0.1) is 11.9 Å². The van der Waals surface area contributed by atoms with Gasteiger partial charge in [0, 0.05) is 24.2 Å². The van der Waals surface area contributed by atoms with E-state index in [4.69, 9.17) is 5.11 Å². The van der Waals surface area contributed by atoms with Gasteiger partial charge in [0.25, 0.3) is 0 Å². The molecule has 13 heteroatoms. The van der Waals surface area contributed by atoms with Crippen LogP contribution in [0.3, 0.4) is 0 Å². The predicted molar refractivity (Wildman–Crippen MR) is 122 cm³/mol. The molecule has 1 aliphatic carbocycles. The van der Waals surface area contributed by atoms with Crippen LogP contribution >= 0.6 is 24.8 Å². The Morgan fingerprint density at radius 3 is 2.39 bits per heavy atom. The zero-order chi connectivity index (χ0) is 21.0. The third-order valence-electron chi connectivity index (χ3n) is 5.88. The van der Waals surface area contributed by atoms with Gasteiger partial charge in [-0.3, -0.25) is 14.9 Å². The van der Waals surface area contributed by atoms with Gasteiger partial charge in [0.15, 0.2) is 0 Å². The van der Waals surface area contributed by atoms with E-state index in [0.29, 0.717) is 25.2 Å². The van der Waals surface area contributed by atoms with E-state index in [9.17, 15) is 18.0 Å². The summed E-state index contributed by atoms with van der Waals surface area (Å²) in [6.45, 7) is 1.34. The summed E-state index contributed by atoms with van der Waals surface area (Å²) in [5.41, 5.74) is 0.899. The molecule has 2 heterocycles. The van der Waals surface area contributed by atoms with Crippen molar-refractivity contribution in [3.63, 3.8) is 0 Å². The molecule has 2 aliphatic rings. The number of carboxylic acids is 1. The molecule has 0 unspecified atom stereocenters. The van der Waals surface area contributed by atoms with E-state index in [-0.39, 0.29) is 42.8 Å². The summed E-state index contributed by atoms with van der Waals surface area (Å²) in [7, 11) is -3.59. The number of hydrogen-bond donors (Lipinski definition) is 3. The van der Waals surface area contributed by atoms with Crippen molar-refractivity contribution in [2.75, 3.05) is 31.2 Å². The van der Waals surface area contributed by atoms with Crippen molar-refractivity contribution in [1.82, 2.24) is 19.2 Å². The van der Waals surface area contributed by atoms with Gasteiger partial charge in [-0.25, -0.2) is 13.4 Å². The van der Waals surface area contributed by atoms with Gasteiger partial charge in [-0.2, -0.15) is 4.31 Å². The number of carbonyl (C=O) groups excluding carboxylic acids is 1. The zero-order valence-corrected chi connectivity index (χ0v) is 19.8. The number of sulfonamides is 1. The molecule has 2 fully saturated rings.